The van der Waals surface area contributed by atoms with E-state index in [9.17, 15) is 24.3 Å². The highest BCUT2D eigenvalue weighted by Crippen LogP contribution is 2.36. The van der Waals surface area contributed by atoms with Gasteiger partial charge in [-0.25, -0.2) is 0 Å². The maximum atomic E-state index is 12.5. The number of phenols is 1. The van der Waals surface area contributed by atoms with Crippen molar-refractivity contribution in [1.29, 1.82) is 0 Å². The van der Waals surface area contributed by atoms with Gasteiger partial charge in [0.25, 0.3) is 11.5 Å². The molecule has 1 aromatic carbocycles. The number of carbonyl (C=O) groups is 3. The number of rotatable bonds is 10. The third-order valence-corrected chi connectivity index (χ3v) is 5.11. The van der Waals surface area contributed by atoms with Gasteiger partial charge in [-0.05, 0) is 31.5 Å². The van der Waals surface area contributed by atoms with E-state index in [1.165, 1.54) is 31.3 Å². The van der Waals surface area contributed by atoms with Crippen LogP contribution in [0.15, 0.2) is 34.2 Å². The molecule has 0 spiro atoms. The van der Waals surface area contributed by atoms with Crippen LogP contribution in [0.2, 0.25) is 10.0 Å². The molecule has 7 N–H and O–H groups in total. The maximum Gasteiger partial charge on any atom is 0.271 e. The first-order chi connectivity index (χ1) is 16.5. The van der Waals surface area contributed by atoms with Crippen LogP contribution in [0.4, 0.5) is 5.69 Å². The summed E-state index contributed by atoms with van der Waals surface area (Å²) in [6.07, 6.45) is 1.81. The van der Waals surface area contributed by atoms with Crippen LogP contribution in [-0.2, 0) is 9.59 Å². The summed E-state index contributed by atoms with van der Waals surface area (Å²) >= 11 is 11.9. The van der Waals surface area contributed by atoms with Crippen molar-refractivity contribution in [1.82, 2.24) is 15.6 Å². The van der Waals surface area contributed by atoms with Crippen LogP contribution in [0, 0.1) is 0 Å². The normalized spacial score (nSPS) is 12.1. The van der Waals surface area contributed by atoms with Gasteiger partial charge < -0.3 is 31.8 Å². The standard InChI is InChI=1S/C22H26Cl2N6O5/c1-3-4-26-22(25)30-17-6-12(9-27-21(17)35)20(34)28-10-18(32)29-16(5-11(2)31)14-7-13(23)8-15(24)19(14)33/h6-9,16,33H,3-5,10H2,1-2H3,(H,27,35)(H,28,34)(H,29,32)(H3,25,26,30)/t16-/m0/s1. The van der Waals surface area contributed by atoms with Gasteiger partial charge in [0.05, 0.1) is 23.2 Å². The van der Waals surface area contributed by atoms with Crippen LogP contribution < -0.4 is 27.2 Å². The number of H-pyrrole nitrogens is 1. The molecular weight excluding hydrogens is 499 g/mol. The predicted octanol–water partition coefficient (Wildman–Crippen LogP) is 2.09. The molecule has 2 amide bonds. The second-order valence-corrected chi connectivity index (χ2v) is 8.40. The van der Waals surface area contributed by atoms with Gasteiger partial charge in [-0.15, -0.1) is 0 Å². The van der Waals surface area contributed by atoms with E-state index in [2.05, 4.69) is 25.9 Å². The SMILES string of the molecule is CCCN=C(N)Nc1cc(C(=O)NCC(=O)N[C@@H](CC(C)=O)c2cc(Cl)cc(Cl)c2O)c[nH]c1=O. The maximum absolute atomic E-state index is 12.5. The molecule has 13 heteroatoms. The molecule has 0 fully saturated rings. The smallest absolute Gasteiger partial charge is 0.271 e. The number of benzene rings is 1. The van der Waals surface area contributed by atoms with Gasteiger partial charge in [0.15, 0.2) is 5.96 Å². The first kappa shape index (κ1) is 27.7. The highest BCUT2D eigenvalue weighted by Gasteiger charge is 2.22. The van der Waals surface area contributed by atoms with Gasteiger partial charge in [-0.3, -0.25) is 24.2 Å². The van der Waals surface area contributed by atoms with Gasteiger partial charge >= 0.3 is 0 Å². The van der Waals surface area contributed by atoms with Crippen LogP contribution >= 0.6 is 23.2 Å². The fourth-order valence-corrected chi connectivity index (χ4v) is 3.51. The molecule has 0 saturated carbocycles. The number of Topliss-reactive ketones (excluding diaryl/α,β-unsaturated/α-hetero) is 1. The summed E-state index contributed by atoms with van der Waals surface area (Å²) in [5.74, 6) is -1.85. The van der Waals surface area contributed by atoms with Crippen LogP contribution in [-0.4, -0.2) is 46.7 Å². The second-order valence-electron chi connectivity index (χ2n) is 7.56. The highest BCUT2D eigenvalue weighted by atomic mass is 35.5. The lowest BCUT2D eigenvalue weighted by molar-refractivity contribution is -0.121. The molecule has 0 saturated heterocycles. The number of pyridine rings is 1. The molecule has 0 bridgehead atoms. The summed E-state index contributed by atoms with van der Waals surface area (Å²) in [6, 6.07) is 3.05. The van der Waals surface area contributed by atoms with Crippen molar-refractivity contribution in [3.63, 3.8) is 0 Å². The van der Waals surface area contributed by atoms with Crippen molar-refractivity contribution < 1.29 is 19.5 Å². The summed E-state index contributed by atoms with van der Waals surface area (Å²) in [6.45, 7) is 3.26. The highest BCUT2D eigenvalue weighted by molar-refractivity contribution is 6.35. The number of ketones is 1. The number of phenolic OH excluding ortho intramolecular Hbond substituents is 1. The van der Waals surface area contributed by atoms with Gasteiger partial charge in [0.1, 0.15) is 17.2 Å². The summed E-state index contributed by atoms with van der Waals surface area (Å²) in [5, 5.41) is 18.1. The topological polar surface area (TPSA) is 179 Å². The quantitative estimate of drug-likeness (QED) is 0.203. The van der Waals surface area contributed by atoms with E-state index < -0.39 is 30.0 Å². The predicted molar refractivity (Wildman–Crippen MR) is 134 cm³/mol. The van der Waals surface area contributed by atoms with E-state index in [1.54, 1.807) is 0 Å². The van der Waals surface area contributed by atoms with Crippen LogP contribution in [0.3, 0.4) is 0 Å². The Morgan fingerprint density at radius 2 is 1.94 bits per heavy atom. The Bertz CT molecular complexity index is 1200. The van der Waals surface area contributed by atoms with Crippen molar-refractivity contribution in [3.8, 4) is 5.75 Å². The van der Waals surface area contributed by atoms with E-state index in [1.807, 2.05) is 6.92 Å². The minimum Gasteiger partial charge on any atom is -0.506 e. The number of aromatic amines is 1. The lowest BCUT2D eigenvalue weighted by Crippen LogP contribution is -2.39. The molecule has 0 unspecified atom stereocenters. The number of nitrogens with one attached hydrogen (secondary N) is 4. The number of carbonyl (C=O) groups excluding carboxylic acids is 3. The van der Waals surface area contributed by atoms with Gasteiger partial charge in [-0.1, -0.05) is 30.1 Å². The second kappa shape index (κ2) is 12.8. The number of aliphatic imine (C=N–C) groups is 1. The van der Waals surface area contributed by atoms with E-state index in [0.717, 1.165) is 6.42 Å². The van der Waals surface area contributed by atoms with Gasteiger partial charge in [0, 0.05) is 29.7 Å². The summed E-state index contributed by atoms with van der Waals surface area (Å²) in [4.78, 5) is 55.2. The zero-order valence-electron chi connectivity index (χ0n) is 19.1. The summed E-state index contributed by atoms with van der Waals surface area (Å²) in [7, 11) is 0. The van der Waals surface area contributed by atoms with Crippen molar-refractivity contribution >= 4 is 52.4 Å². The molecule has 1 atom stereocenters. The van der Waals surface area contributed by atoms with E-state index in [-0.39, 0.29) is 50.8 Å². The van der Waals surface area contributed by atoms with E-state index in [4.69, 9.17) is 28.9 Å². The number of anilines is 1. The monoisotopic (exact) mass is 524 g/mol. The van der Waals surface area contributed by atoms with Crippen molar-refractivity contribution in [2.45, 2.75) is 32.7 Å². The lowest BCUT2D eigenvalue weighted by atomic mass is 10.0. The van der Waals surface area contributed by atoms with Gasteiger partial charge in [-0.2, -0.15) is 0 Å². The average Bonchev–Trinajstić information content (AvgIpc) is 2.79. The number of halogens is 2. The molecular formula is C22H26Cl2N6O5. The van der Waals surface area contributed by atoms with Crippen molar-refractivity contribution in [2.24, 2.45) is 10.7 Å². The van der Waals surface area contributed by atoms with Crippen molar-refractivity contribution in [2.75, 3.05) is 18.4 Å². The lowest BCUT2D eigenvalue weighted by Gasteiger charge is -2.20. The van der Waals surface area contributed by atoms with E-state index in [0.29, 0.717) is 6.54 Å². The Hall–Kier alpha value is -3.57. The molecule has 1 aromatic heterocycles. The molecule has 35 heavy (non-hydrogen) atoms. The fraction of sp³-hybridized carbons (Fsp3) is 0.318. The molecule has 188 valence electrons. The Morgan fingerprint density at radius 3 is 2.60 bits per heavy atom. The van der Waals surface area contributed by atoms with Crippen LogP contribution in [0.25, 0.3) is 0 Å². The van der Waals surface area contributed by atoms with E-state index >= 15 is 0 Å². The summed E-state index contributed by atoms with van der Waals surface area (Å²) < 4.78 is 0. The minimum atomic E-state index is -0.928. The Balaban J connectivity index is 2.09. The molecule has 0 aliphatic carbocycles. The van der Waals surface area contributed by atoms with Crippen molar-refractivity contribution in [3.05, 3.63) is 55.9 Å². The largest absolute Gasteiger partial charge is 0.506 e. The number of nitrogens with two attached hydrogens (primary N) is 1. The molecule has 0 radical (unpaired) electrons. The number of aromatic hydroxyl groups is 1. The Labute approximate surface area is 211 Å². The molecule has 0 aliphatic heterocycles. The summed E-state index contributed by atoms with van der Waals surface area (Å²) in [5.41, 5.74) is 5.43. The number of aromatic nitrogens is 1. The molecule has 0 aliphatic rings. The van der Waals surface area contributed by atoms with Gasteiger partial charge in [0.2, 0.25) is 5.91 Å². The molecule has 11 nitrogen and oxygen atoms in total. The Kier molecular flexibility index (Phi) is 10.1. The first-order valence-corrected chi connectivity index (χ1v) is 11.3. The molecule has 1 heterocycles. The molecule has 2 rings (SSSR count). The minimum absolute atomic E-state index is 0.00860. The number of hydrogen-bond donors (Lipinski definition) is 6. The zero-order chi connectivity index (χ0) is 26.1. The third kappa shape index (κ3) is 8.30. The first-order valence-electron chi connectivity index (χ1n) is 10.6. The third-order valence-electron chi connectivity index (χ3n) is 4.60. The van der Waals surface area contributed by atoms with Crippen LogP contribution in [0.5, 0.6) is 5.75 Å². The number of guanidine groups is 1. The molecule has 2 aromatic rings. The number of nitrogens with zero attached hydrogens (tertiary/aromatic N) is 1. The fourth-order valence-electron chi connectivity index (χ4n) is 3.00. The number of hydrogen-bond acceptors (Lipinski definition) is 6. The number of amides is 2. The zero-order valence-corrected chi connectivity index (χ0v) is 20.6. The average molecular weight is 525 g/mol. The van der Waals surface area contributed by atoms with Crippen LogP contribution in [0.1, 0.15) is 48.7 Å². The Morgan fingerprint density at radius 1 is 1.23 bits per heavy atom.